The number of terminal acetylenes is 1. The summed E-state index contributed by atoms with van der Waals surface area (Å²) >= 11 is 0. The predicted molar refractivity (Wildman–Crippen MR) is 37.1 cm³/mol. The lowest BCUT2D eigenvalue weighted by Crippen LogP contribution is -2.06. The summed E-state index contributed by atoms with van der Waals surface area (Å²) in [6.07, 6.45) is 5.92. The van der Waals surface area contributed by atoms with Gasteiger partial charge in [0.05, 0.1) is 12.5 Å². The minimum Gasteiger partial charge on any atom is -0.466 e. The zero-order chi connectivity index (χ0) is 7.56. The molecule has 0 heterocycles. The van der Waals surface area contributed by atoms with Gasteiger partial charge in [0.15, 0.2) is 0 Å². The van der Waals surface area contributed by atoms with Gasteiger partial charge >= 0.3 is 5.97 Å². The van der Waals surface area contributed by atoms with E-state index in [-0.39, 0.29) is 17.8 Å². The lowest BCUT2D eigenvalue weighted by atomic mass is 10.3. The first kappa shape index (κ1) is 7.14. The highest BCUT2D eigenvalue weighted by Gasteiger charge is 2.42. The van der Waals surface area contributed by atoms with Crippen molar-refractivity contribution in [1.82, 2.24) is 0 Å². The lowest BCUT2D eigenvalue weighted by molar-refractivity contribution is -0.144. The van der Waals surface area contributed by atoms with Gasteiger partial charge in [0, 0.05) is 5.92 Å². The Morgan fingerprint density at radius 1 is 1.90 bits per heavy atom. The molecule has 0 unspecified atom stereocenters. The van der Waals surface area contributed by atoms with Crippen LogP contribution in [0.1, 0.15) is 13.3 Å². The second-order valence-corrected chi connectivity index (χ2v) is 2.37. The average molecular weight is 138 g/mol. The van der Waals surface area contributed by atoms with Gasteiger partial charge in [-0.1, -0.05) is 0 Å². The zero-order valence-electron chi connectivity index (χ0n) is 5.96. The largest absolute Gasteiger partial charge is 0.466 e. The van der Waals surface area contributed by atoms with Gasteiger partial charge < -0.3 is 4.74 Å². The Labute approximate surface area is 60.6 Å². The first-order valence-corrected chi connectivity index (χ1v) is 3.42. The van der Waals surface area contributed by atoms with Gasteiger partial charge in [-0.25, -0.2) is 0 Å². The quantitative estimate of drug-likeness (QED) is 0.417. The molecule has 0 radical (unpaired) electrons. The molecular formula is C8H10O2. The number of carbonyl (C=O) groups excluding carboxylic acids is 1. The molecule has 0 aromatic rings. The second kappa shape index (κ2) is 2.74. The van der Waals surface area contributed by atoms with E-state index in [0.717, 1.165) is 6.42 Å². The lowest BCUT2D eigenvalue weighted by Gasteiger charge is -1.96. The van der Waals surface area contributed by atoms with Gasteiger partial charge in [-0.15, -0.1) is 12.3 Å². The fraction of sp³-hybridized carbons (Fsp3) is 0.625. The van der Waals surface area contributed by atoms with E-state index in [1.807, 2.05) is 0 Å². The summed E-state index contributed by atoms with van der Waals surface area (Å²) in [5, 5.41) is 0. The molecule has 2 heteroatoms. The summed E-state index contributed by atoms with van der Waals surface area (Å²) in [7, 11) is 0. The molecule has 0 aromatic carbocycles. The van der Waals surface area contributed by atoms with Crippen molar-refractivity contribution in [1.29, 1.82) is 0 Å². The molecule has 0 bridgehead atoms. The first-order valence-electron chi connectivity index (χ1n) is 3.42. The Morgan fingerprint density at radius 3 is 3.00 bits per heavy atom. The van der Waals surface area contributed by atoms with E-state index in [2.05, 4.69) is 5.92 Å². The van der Waals surface area contributed by atoms with Crippen LogP contribution >= 0.6 is 0 Å². The molecule has 54 valence electrons. The maximum Gasteiger partial charge on any atom is 0.310 e. The van der Waals surface area contributed by atoms with E-state index in [0.29, 0.717) is 6.61 Å². The molecule has 0 spiro atoms. The fourth-order valence-corrected chi connectivity index (χ4v) is 0.889. The molecule has 1 aliphatic carbocycles. The zero-order valence-corrected chi connectivity index (χ0v) is 5.96. The third kappa shape index (κ3) is 1.30. The maximum atomic E-state index is 10.9. The monoisotopic (exact) mass is 138 g/mol. The number of hydrogen-bond donors (Lipinski definition) is 0. The number of esters is 1. The number of carbonyl (C=O) groups is 1. The van der Waals surface area contributed by atoms with Crippen LogP contribution in [0.25, 0.3) is 0 Å². The van der Waals surface area contributed by atoms with Crippen molar-refractivity contribution < 1.29 is 9.53 Å². The Bertz CT molecular complexity index is 178. The van der Waals surface area contributed by atoms with E-state index in [1.54, 1.807) is 6.92 Å². The normalized spacial score (nSPS) is 28.8. The van der Waals surface area contributed by atoms with Crippen molar-refractivity contribution in [2.24, 2.45) is 11.8 Å². The molecule has 1 aliphatic rings. The van der Waals surface area contributed by atoms with Gasteiger partial charge in [0.2, 0.25) is 0 Å². The second-order valence-electron chi connectivity index (χ2n) is 2.37. The van der Waals surface area contributed by atoms with Crippen LogP contribution in [0, 0.1) is 24.2 Å². The highest BCUT2D eigenvalue weighted by Crippen LogP contribution is 2.38. The molecule has 0 aromatic heterocycles. The summed E-state index contributed by atoms with van der Waals surface area (Å²) in [6, 6.07) is 0. The summed E-state index contributed by atoms with van der Waals surface area (Å²) in [5.41, 5.74) is 0. The molecule has 0 N–H and O–H groups in total. The summed E-state index contributed by atoms with van der Waals surface area (Å²) in [4.78, 5) is 10.9. The Kier molecular flexibility index (Phi) is 1.96. The summed E-state index contributed by atoms with van der Waals surface area (Å²) < 4.78 is 4.76. The standard InChI is InChI=1S/C8H10O2/c1-3-6-5-7(6)8(9)10-4-2/h1,6-7H,4-5H2,2H3/t6-,7+/m1/s1. The molecule has 1 saturated carbocycles. The first-order chi connectivity index (χ1) is 4.79. The van der Waals surface area contributed by atoms with Gasteiger partial charge in [-0.2, -0.15) is 0 Å². The molecule has 0 saturated heterocycles. The molecule has 1 fully saturated rings. The topological polar surface area (TPSA) is 26.3 Å². The maximum absolute atomic E-state index is 10.9. The number of hydrogen-bond acceptors (Lipinski definition) is 2. The molecule has 2 atom stereocenters. The van der Waals surface area contributed by atoms with Crippen molar-refractivity contribution in [2.75, 3.05) is 6.61 Å². The predicted octanol–water partition coefficient (Wildman–Crippen LogP) is 0.819. The van der Waals surface area contributed by atoms with E-state index >= 15 is 0 Å². The highest BCUT2D eigenvalue weighted by molar-refractivity contribution is 5.76. The third-order valence-corrected chi connectivity index (χ3v) is 1.59. The van der Waals surface area contributed by atoms with Gasteiger partial charge in [-0.3, -0.25) is 4.79 Å². The average Bonchev–Trinajstić information content (AvgIpc) is 2.66. The van der Waals surface area contributed by atoms with Crippen LogP contribution in [0.15, 0.2) is 0 Å². The third-order valence-electron chi connectivity index (χ3n) is 1.59. The minimum atomic E-state index is -0.134. The molecule has 0 amide bonds. The van der Waals surface area contributed by atoms with E-state index in [1.165, 1.54) is 0 Å². The van der Waals surface area contributed by atoms with Crippen molar-refractivity contribution in [3.8, 4) is 12.3 Å². The van der Waals surface area contributed by atoms with Crippen LogP contribution in [0.5, 0.6) is 0 Å². The van der Waals surface area contributed by atoms with Crippen LogP contribution in [-0.4, -0.2) is 12.6 Å². The summed E-state index contributed by atoms with van der Waals surface area (Å²) in [6.45, 7) is 2.25. The fourth-order valence-electron chi connectivity index (χ4n) is 0.889. The molecule has 0 aliphatic heterocycles. The van der Waals surface area contributed by atoms with Crippen LogP contribution in [0.2, 0.25) is 0 Å². The van der Waals surface area contributed by atoms with Crippen LogP contribution in [0.4, 0.5) is 0 Å². The Hall–Kier alpha value is -0.970. The number of rotatable bonds is 2. The smallest absolute Gasteiger partial charge is 0.310 e. The van der Waals surface area contributed by atoms with Crippen LogP contribution in [-0.2, 0) is 9.53 Å². The van der Waals surface area contributed by atoms with Crippen molar-refractivity contribution in [3.63, 3.8) is 0 Å². The minimum absolute atomic E-state index is 0.00458. The molecule has 10 heavy (non-hydrogen) atoms. The van der Waals surface area contributed by atoms with Gasteiger partial charge in [0.1, 0.15) is 0 Å². The van der Waals surface area contributed by atoms with E-state index in [4.69, 9.17) is 11.2 Å². The van der Waals surface area contributed by atoms with Gasteiger partial charge in [-0.05, 0) is 13.3 Å². The molecular weight excluding hydrogens is 128 g/mol. The van der Waals surface area contributed by atoms with Gasteiger partial charge in [0.25, 0.3) is 0 Å². The van der Waals surface area contributed by atoms with Crippen LogP contribution < -0.4 is 0 Å². The van der Waals surface area contributed by atoms with Crippen LogP contribution in [0.3, 0.4) is 0 Å². The molecule has 1 rings (SSSR count). The summed E-state index contributed by atoms with van der Waals surface area (Å²) in [5.74, 6) is 2.55. The Morgan fingerprint density at radius 2 is 2.60 bits per heavy atom. The van der Waals surface area contributed by atoms with E-state index < -0.39 is 0 Å². The number of ether oxygens (including phenoxy) is 1. The van der Waals surface area contributed by atoms with Crippen molar-refractivity contribution in [2.45, 2.75) is 13.3 Å². The highest BCUT2D eigenvalue weighted by atomic mass is 16.5. The SMILES string of the molecule is C#C[C@@H]1C[C@@H]1C(=O)OCC. The molecule has 2 nitrogen and oxygen atoms in total. The van der Waals surface area contributed by atoms with E-state index in [9.17, 15) is 4.79 Å². The van der Waals surface area contributed by atoms with Crippen molar-refractivity contribution >= 4 is 5.97 Å². The Balaban J connectivity index is 2.27. The van der Waals surface area contributed by atoms with Crippen molar-refractivity contribution in [3.05, 3.63) is 0 Å².